The predicted octanol–water partition coefficient (Wildman–Crippen LogP) is -0.299. The molecule has 0 aromatic carbocycles. The molecule has 0 fully saturated rings. The maximum atomic E-state index is 8.62. The first-order chi connectivity index (χ1) is 3.30. The van der Waals surface area contributed by atoms with Crippen molar-refractivity contribution in [2.24, 2.45) is 0 Å². The summed E-state index contributed by atoms with van der Waals surface area (Å²) in [6.45, 7) is 1.78. The fourth-order valence-electron chi connectivity index (χ4n) is 0.343. The van der Waals surface area contributed by atoms with Crippen LogP contribution in [0.25, 0.3) is 0 Å². The summed E-state index contributed by atoms with van der Waals surface area (Å²) >= 11 is 0. The lowest BCUT2D eigenvalue weighted by molar-refractivity contribution is 0.541. The molecule has 0 saturated carbocycles. The number of aliphatic hydroxyl groups excluding tert-OH is 1. The molecule has 0 aromatic heterocycles. The summed E-state index contributed by atoms with van der Waals surface area (Å²) < 4.78 is 0. The molecular weight excluding hydrogens is 92.1 g/mol. The Balaban J connectivity index is 2.78. The van der Waals surface area contributed by atoms with Crippen LogP contribution in [0.4, 0.5) is 0 Å². The van der Waals surface area contributed by atoms with E-state index in [4.69, 9.17) is 5.11 Å². The lowest BCUT2D eigenvalue weighted by atomic mass is 10.3. The second kappa shape index (κ2) is 1.26. The van der Waals surface area contributed by atoms with Gasteiger partial charge >= 0.3 is 5.90 Å². The number of hydrogen-bond donors (Lipinski definition) is 2. The Morgan fingerprint density at radius 1 is 1.86 bits per heavy atom. The van der Waals surface area contributed by atoms with Crippen LogP contribution in [0.2, 0.25) is 0 Å². The first kappa shape index (κ1) is 4.18. The third-order valence-corrected chi connectivity index (χ3v) is 0.804. The van der Waals surface area contributed by atoms with Crippen LogP contribution >= 0.6 is 0 Å². The van der Waals surface area contributed by atoms with Crippen LogP contribution in [-0.2, 0) is 0 Å². The Morgan fingerprint density at radius 2 is 2.57 bits per heavy atom. The molecule has 0 bridgehead atoms. The van der Waals surface area contributed by atoms with E-state index in [0.717, 1.165) is 5.57 Å². The molecule has 1 aliphatic rings. The van der Waals surface area contributed by atoms with Crippen molar-refractivity contribution >= 4 is 5.90 Å². The molecule has 7 heavy (non-hydrogen) atoms. The van der Waals surface area contributed by atoms with Crippen molar-refractivity contribution in [1.82, 2.24) is 10.5 Å². The zero-order valence-corrected chi connectivity index (χ0v) is 3.97. The van der Waals surface area contributed by atoms with Gasteiger partial charge in [0.25, 0.3) is 0 Å². The van der Waals surface area contributed by atoms with E-state index in [-0.39, 0.29) is 5.90 Å². The summed E-state index contributed by atoms with van der Waals surface area (Å²) in [4.78, 5) is 0. The number of nitrogens with zero attached hydrogens (tertiary/aromatic N) is 1. The van der Waals surface area contributed by atoms with Gasteiger partial charge in [-0.15, -0.1) is 5.43 Å². The van der Waals surface area contributed by atoms with Crippen LogP contribution in [-0.4, -0.2) is 11.0 Å². The summed E-state index contributed by atoms with van der Waals surface area (Å²) in [5.41, 5.74) is 3.28. The molecule has 0 spiro atoms. The molecule has 0 aliphatic carbocycles. The molecule has 0 aromatic rings. The van der Waals surface area contributed by atoms with Crippen molar-refractivity contribution in [2.75, 3.05) is 0 Å². The minimum atomic E-state index is 0.0833. The minimum absolute atomic E-state index is 0.0833. The number of nitrogens with one attached hydrogen (secondary N) is 1. The van der Waals surface area contributed by atoms with E-state index in [1.807, 2.05) is 0 Å². The fraction of sp³-hybridized carbons (Fsp3) is 0.250. The van der Waals surface area contributed by atoms with Gasteiger partial charge in [0.05, 0.1) is 11.8 Å². The van der Waals surface area contributed by atoms with Crippen LogP contribution in [0.3, 0.4) is 0 Å². The molecule has 1 radical (unpaired) electrons. The van der Waals surface area contributed by atoms with Crippen LogP contribution in [0.5, 0.6) is 0 Å². The van der Waals surface area contributed by atoms with E-state index in [0.29, 0.717) is 0 Å². The van der Waals surface area contributed by atoms with E-state index < -0.39 is 0 Å². The zero-order chi connectivity index (χ0) is 5.28. The SMILES string of the molecule is CC1=CN[N+]=C1O. The Morgan fingerprint density at radius 3 is 2.71 bits per heavy atom. The van der Waals surface area contributed by atoms with Crippen LogP contribution < -0.4 is 10.5 Å². The topological polar surface area (TPSA) is 46.4 Å². The molecule has 3 nitrogen and oxygen atoms in total. The van der Waals surface area contributed by atoms with Gasteiger partial charge in [-0.3, -0.25) is 0 Å². The highest BCUT2D eigenvalue weighted by Crippen LogP contribution is 1.90. The summed E-state index contributed by atoms with van der Waals surface area (Å²) in [7, 11) is 0. The lowest BCUT2D eigenvalue weighted by Crippen LogP contribution is -2.07. The van der Waals surface area contributed by atoms with E-state index in [1.165, 1.54) is 0 Å². The number of hydrogen-bond acceptors (Lipinski definition) is 2. The monoisotopic (exact) mass is 98.0 g/mol. The van der Waals surface area contributed by atoms with Gasteiger partial charge in [0, 0.05) is 0 Å². The first-order valence-corrected chi connectivity index (χ1v) is 2.00. The molecule has 37 valence electrons. The highest BCUT2D eigenvalue weighted by molar-refractivity contribution is 5.91. The summed E-state index contributed by atoms with van der Waals surface area (Å²) in [6.07, 6.45) is 1.63. The molecule has 0 atom stereocenters. The molecule has 1 aliphatic heterocycles. The van der Waals surface area contributed by atoms with Gasteiger partial charge in [0.1, 0.15) is 0 Å². The quantitative estimate of drug-likeness (QED) is 0.437. The van der Waals surface area contributed by atoms with Crippen LogP contribution in [0.15, 0.2) is 11.8 Å². The summed E-state index contributed by atoms with van der Waals surface area (Å²) in [6, 6.07) is 0. The van der Waals surface area contributed by atoms with Crippen molar-refractivity contribution < 1.29 is 5.11 Å². The molecule has 0 unspecified atom stereocenters. The number of hydrazone groups is 1. The van der Waals surface area contributed by atoms with Gasteiger partial charge in [0.2, 0.25) is 5.10 Å². The molecule has 3 heteroatoms. The molecular formula is C4H6N2O+. The zero-order valence-electron chi connectivity index (χ0n) is 3.97. The van der Waals surface area contributed by atoms with Gasteiger partial charge in [-0.25, -0.2) is 0 Å². The third kappa shape index (κ3) is 0.559. The van der Waals surface area contributed by atoms with Gasteiger partial charge in [-0.2, -0.15) is 0 Å². The predicted molar refractivity (Wildman–Crippen MR) is 26.7 cm³/mol. The Hall–Kier alpha value is -0.990. The van der Waals surface area contributed by atoms with Gasteiger partial charge in [0.15, 0.2) is 0 Å². The Bertz CT molecular complexity index is 121. The highest BCUT2D eigenvalue weighted by Gasteiger charge is 2.16. The fourth-order valence-corrected chi connectivity index (χ4v) is 0.343. The average Bonchev–Trinajstić information content (AvgIpc) is 1.91. The van der Waals surface area contributed by atoms with E-state index >= 15 is 0 Å². The summed E-state index contributed by atoms with van der Waals surface area (Å²) in [5.74, 6) is 0.0833. The molecule has 0 saturated heterocycles. The normalized spacial score (nSPS) is 17.9. The van der Waals surface area contributed by atoms with Gasteiger partial charge < -0.3 is 5.11 Å². The van der Waals surface area contributed by atoms with Crippen molar-refractivity contribution in [2.45, 2.75) is 6.92 Å². The van der Waals surface area contributed by atoms with Crippen molar-refractivity contribution in [3.8, 4) is 0 Å². The third-order valence-electron chi connectivity index (χ3n) is 0.804. The number of aliphatic hydroxyl groups is 1. The molecule has 1 rings (SSSR count). The maximum Gasteiger partial charge on any atom is 0.470 e. The molecule has 1 heterocycles. The average molecular weight is 98.1 g/mol. The van der Waals surface area contributed by atoms with E-state index in [9.17, 15) is 0 Å². The maximum absolute atomic E-state index is 8.62. The second-order valence-electron chi connectivity index (χ2n) is 1.39. The highest BCUT2D eigenvalue weighted by atomic mass is 16.3. The minimum Gasteiger partial charge on any atom is -0.453 e. The molecule has 2 N–H and O–H groups in total. The first-order valence-electron chi connectivity index (χ1n) is 2.00. The van der Waals surface area contributed by atoms with Gasteiger partial charge in [-0.05, 0) is 6.92 Å². The Labute approximate surface area is 41.3 Å². The largest absolute Gasteiger partial charge is 0.470 e. The Kier molecular flexibility index (Phi) is 0.749. The molecule has 0 amide bonds. The summed E-state index contributed by atoms with van der Waals surface area (Å²) in [5, 5.41) is 12.1. The van der Waals surface area contributed by atoms with Crippen LogP contribution in [0.1, 0.15) is 6.92 Å². The van der Waals surface area contributed by atoms with Gasteiger partial charge in [-0.1, -0.05) is 0 Å². The van der Waals surface area contributed by atoms with Crippen molar-refractivity contribution in [1.29, 1.82) is 0 Å². The number of rotatable bonds is 0. The second-order valence-corrected chi connectivity index (χ2v) is 1.39. The van der Waals surface area contributed by atoms with E-state index in [1.54, 1.807) is 13.1 Å². The van der Waals surface area contributed by atoms with E-state index in [2.05, 4.69) is 10.5 Å². The van der Waals surface area contributed by atoms with Crippen LogP contribution in [0, 0.1) is 0 Å². The van der Waals surface area contributed by atoms with Crippen molar-refractivity contribution in [3.63, 3.8) is 0 Å². The lowest BCUT2D eigenvalue weighted by Gasteiger charge is -1.70. The smallest absolute Gasteiger partial charge is 0.453 e. The standard InChI is InChI=1S/C4H6N2O/c1-3-2-5-6-4(3)7/h2,5,7H,1H3/q+1. The van der Waals surface area contributed by atoms with Crippen molar-refractivity contribution in [3.05, 3.63) is 11.8 Å².